The second-order valence-electron chi connectivity index (χ2n) is 6.35. The van der Waals surface area contributed by atoms with Crippen molar-refractivity contribution in [3.63, 3.8) is 0 Å². The van der Waals surface area contributed by atoms with Gasteiger partial charge in [-0.05, 0) is 49.0 Å². The maximum atomic E-state index is 12.3. The van der Waals surface area contributed by atoms with Gasteiger partial charge in [-0.2, -0.15) is 0 Å². The number of hydrogen-bond donors (Lipinski definition) is 2. The van der Waals surface area contributed by atoms with Crippen LogP contribution in [0, 0.1) is 0 Å². The molecule has 1 fully saturated rings. The van der Waals surface area contributed by atoms with Crippen molar-refractivity contribution < 1.29 is 4.79 Å². The number of carbonyl (C=O) groups is 1. The number of nitrogens with one attached hydrogen (secondary N) is 1. The molecule has 2 aromatic carbocycles. The van der Waals surface area contributed by atoms with Crippen molar-refractivity contribution in [3.8, 4) is 0 Å². The van der Waals surface area contributed by atoms with Crippen molar-refractivity contribution in [2.75, 3.05) is 44.3 Å². The maximum Gasteiger partial charge on any atom is 0.255 e. The number of rotatable bonds is 4. The number of amides is 1. The number of nitrogens with two attached hydrogens (primary N) is 1. The molecule has 0 aromatic heterocycles. The standard InChI is InChI=1S/C19H24N4O/c1-22-10-12-23(13-11-22)14-15-2-4-16(5-3-15)19(24)21-18-8-6-17(20)7-9-18/h2-9H,10-14,20H2,1H3,(H,21,24). The number of nitrogens with zero attached hydrogens (tertiary/aromatic N) is 2. The number of carbonyl (C=O) groups excluding carboxylic acids is 1. The molecule has 0 aliphatic carbocycles. The van der Waals surface area contributed by atoms with Crippen LogP contribution in [0.1, 0.15) is 15.9 Å². The lowest BCUT2D eigenvalue weighted by molar-refractivity contribution is 0.102. The Hall–Kier alpha value is -2.37. The SMILES string of the molecule is CN1CCN(Cc2ccc(C(=O)Nc3ccc(N)cc3)cc2)CC1. The molecule has 0 bridgehead atoms. The van der Waals surface area contributed by atoms with E-state index in [0.717, 1.165) is 38.4 Å². The van der Waals surface area contributed by atoms with Crippen LogP contribution in [0.4, 0.5) is 11.4 Å². The van der Waals surface area contributed by atoms with Gasteiger partial charge < -0.3 is 16.0 Å². The minimum atomic E-state index is -0.106. The Balaban J connectivity index is 1.57. The van der Waals surface area contributed by atoms with E-state index in [2.05, 4.69) is 22.2 Å². The lowest BCUT2D eigenvalue weighted by Gasteiger charge is -2.32. The summed E-state index contributed by atoms with van der Waals surface area (Å²) in [6.07, 6.45) is 0. The molecule has 1 aliphatic rings. The maximum absolute atomic E-state index is 12.3. The molecule has 126 valence electrons. The van der Waals surface area contributed by atoms with Crippen LogP contribution in [-0.2, 0) is 6.54 Å². The minimum Gasteiger partial charge on any atom is -0.399 e. The monoisotopic (exact) mass is 324 g/mol. The van der Waals surface area contributed by atoms with Gasteiger partial charge in [0.25, 0.3) is 5.91 Å². The minimum absolute atomic E-state index is 0.106. The van der Waals surface area contributed by atoms with Crippen LogP contribution in [0.25, 0.3) is 0 Å². The Bertz CT molecular complexity index is 674. The molecule has 0 radical (unpaired) electrons. The Kier molecular flexibility index (Phi) is 5.13. The van der Waals surface area contributed by atoms with Crippen LogP contribution in [-0.4, -0.2) is 48.9 Å². The first-order valence-corrected chi connectivity index (χ1v) is 8.27. The van der Waals surface area contributed by atoms with E-state index < -0.39 is 0 Å². The molecule has 1 aliphatic heterocycles. The fourth-order valence-electron chi connectivity index (χ4n) is 2.80. The average molecular weight is 324 g/mol. The number of piperazine rings is 1. The molecule has 1 heterocycles. The first-order chi connectivity index (χ1) is 11.6. The van der Waals surface area contributed by atoms with Crippen molar-refractivity contribution in [1.29, 1.82) is 0 Å². The highest BCUT2D eigenvalue weighted by Crippen LogP contribution is 2.14. The highest BCUT2D eigenvalue weighted by molar-refractivity contribution is 6.04. The smallest absolute Gasteiger partial charge is 0.255 e. The van der Waals surface area contributed by atoms with Crippen LogP contribution in [0.3, 0.4) is 0 Å². The van der Waals surface area contributed by atoms with E-state index in [9.17, 15) is 4.79 Å². The molecule has 1 amide bonds. The van der Waals surface area contributed by atoms with Crippen LogP contribution in [0.15, 0.2) is 48.5 Å². The molecule has 0 saturated carbocycles. The summed E-state index contributed by atoms with van der Waals surface area (Å²) in [6, 6.07) is 15.0. The summed E-state index contributed by atoms with van der Waals surface area (Å²) in [5.74, 6) is -0.106. The average Bonchev–Trinajstić information content (AvgIpc) is 2.59. The Morgan fingerprint density at radius 1 is 1.00 bits per heavy atom. The molecule has 0 unspecified atom stereocenters. The highest BCUT2D eigenvalue weighted by Gasteiger charge is 2.14. The van der Waals surface area contributed by atoms with Gasteiger partial charge in [0.1, 0.15) is 0 Å². The Morgan fingerprint density at radius 2 is 1.62 bits per heavy atom. The molecule has 2 aromatic rings. The van der Waals surface area contributed by atoms with Crippen LogP contribution in [0.2, 0.25) is 0 Å². The lowest BCUT2D eigenvalue weighted by Crippen LogP contribution is -2.43. The zero-order valence-electron chi connectivity index (χ0n) is 14.0. The first kappa shape index (κ1) is 16.5. The molecule has 24 heavy (non-hydrogen) atoms. The van der Waals surface area contributed by atoms with Crippen molar-refractivity contribution in [3.05, 3.63) is 59.7 Å². The molecule has 0 spiro atoms. The molecule has 3 rings (SSSR count). The number of benzene rings is 2. The molecule has 0 atom stereocenters. The van der Waals surface area contributed by atoms with Gasteiger partial charge in [0.15, 0.2) is 0 Å². The van der Waals surface area contributed by atoms with Crippen LogP contribution >= 0.6 is 0 Å². The van der Waals surface area contributed by atoms with Gasteiger partial charge in [0, 0.05) is 49.7 Å². The molecule has 5 nitrogen and oxygen atoms in total. The Morgan fingerprint density at radius 3 is 2.25 bits per heavy atom. The van der Waals surface area contributed by atoms with Gasteiger partial charge in [0.05, 0.1) is 0 Å². The second-order valence-corrected chi connectivity index (χ2v) is 6.35. The van der Waals surface area contributed by atoms with Gasteiger partial charge in [-0.25, -0.2) is 0 Å². The quantitative estimate of drug-likeness (QED) is 0.847. The summed E-state index contributed by atoms with van der Waals surface area (Å²) in [5, 5.41) is 2.88. The van der Waals surface area contributed by atoms with E-state index in [-0.39, 0.29) is 5.91 Å². The highest BCUT2D eigenvalue weighted by atomic mass is 16.1. The molecule has 3 N–H and O–H groups in total. The third kappa shape index (κ3) is 4.34. The number of likely N-dealkylation sites (N-methyl/N-ethyl adjacent to an activating group) is 1. The largest absolute Gasteiger partial charge is 0.399 e. The van der Waals surface area contributed by atoms with E-state index >= 15 is 0 Å². The molecular weight excluding hydrogens is 300 g/mol. The normalized spacial score (nSPS) is 16.0. The topological polar surface area (TPSA) is 61.6 Å². The fourth-order valence-corrected chi connectivity index (χ4v) is 2.80. The van der Waals surface area contributed by atoms with E-state index in [4.69, 9.17) is 5.73 Å². The van der Waals surface area contributed by atoms with E-state index in [1.807, 2.05) is 24.3 Å². The number of nitrogen functional groups attached to an aromatic ring is 1. The summed E-state index contributed by atoms with van der Waals surface area (Å²) in [7, 11) is 2.16. The van der Waals surface area contributed by atoms with E-state index in [1.165, 1.54) is 5.56 Å². The summed E-state index contributed by atoms with van der Waals surface area (Å²) in [6.45, 7) is 5.35. The summed E-state index contributed by atoms with van der Waals surface area (Å²) in [4.78, 5) is 17.1. The predicted octanol–water partition coefficient (Wildman–Crippen LogP) is 2.27. The van der Waals surface area contributed by atoms with Crippen molar-refractivity contribution in [1.82, 2.24) is 9.80 Å². The Labute approximate surface area is 143 Å². The second kappa shape index (κ2) is 7.47. The van der Waals surface area contributed by atoms with E-state index in [0.29, 0.717) is 11.3 Å². The molecule has 5 heteroatoms. The third-order valence-corrected chi connectivity index (χ3v) is 4.39. The fraction of sp³-hybridized carbons (Fsp3) is 0.316. The van der Waals surface area contributed by atoms with Crippen molar-refractivity contribution >= 4 is 17.3 Å². The zero-order valence-corrected chi connectivity index (χ0v) is 14.0. The van der Waals surface area contributed by atoms with Crippen LogP contribution in [0.5, 0.6) is 0 Å². The van der Waals surface area contributed by atoms with E-state index in [1.54, 1.807) is 24.3 Å². The zero-order chi connectivity index (χ0) is 16.9. The van der Waals surface area contributed by atoms with Crippen LogP contribution < -0.4 is 11.1 Å². The first-order valence-electron chi connectivity index (χ1n) is 8.27. The predicted molar refractivity (Wildman–Crippen MR) is 98.0 cm³/mol. The van der Waals surface area contributed by atoms with Gasteiger partial charge >= 0.3 is 0 Å². The van der Waals surface area contributed by atoms with Crippen molar-refractivity contribution in [2.45, 2.75) is 6.54 Å². The van der Waals surface area contributed by atoms with Crippen molar-refractivity contribution in [2.24, 2.45) is 0 Å². The lowest BCUT2D eigenvalue weighted by atomic mass is 10.1. The number of anilines is 2. The summed E-state index contributed by atoms with van der Waals surface area (Å²) < 4.78 is 0. The van der Waals surface area contributed by atoms with Gasteiger partial charge in [-0.1, -0.05) is 12.1 Å². The van der Waals surface area contributed by atoms with Gasteiger partial charge in [-0.15, -0.1) is 0 Å². The number of hydrogen-bond acceptors (Lipinski definition) is 4. The van der Waals surface area contributed by atoms with Gasteiger partial charge in [-0.3, -0.25) is 9.69 Å². The molecule has 1 saturated heterocycles. The van der Waals surface area contributed by atoms with Gasteiger partial charge in [0.2, 0.25) is 0 Å². The summed E-state index contributed by atoms with van der Waals surface area (Å²) in [5.41, 5.74) is 8.98. The molecular formula is C19H24N4O. The summed E-state index contributed by atoms with van der Waals surface area (Å²) >= 11 is 0. The third-order valence-electron chi connectivity index (χ3n) is 4.39.